The van der Waals surface area contributed by atoms with E-state index in [1.807, 2.05) is 0 Å². The van der Waals surface area contributed by atoms with E-state index in [1.54, 1.807) is 0 Å². The summed E-state index contributed by atoms with van der Waals surface area (Å²) in [5.74, 6) is 0. The van der Waals surface area contributed by atoms with Crippen molar-refractivity contribution in [3.8, 4) is 44.5 Å². The fourth-order valence-corrected chi connectivity index (χ4v) is 12.4. The van der Waals surface area contributed by atoms with Crippen LogP contribution in [0.3, 0.4) is 0 Å². The summed E-state index contributed by atoms with van der Waals surface area (Å²) in [5.41, 5.74) is 19.7. The van der Waals surface area contributed by atoms with Gasteiger partial charge < -0.3 is 9.32 Å². The average Bonchev–Trinajstić information content (AvgIpc) is 4.04. The highest BCUT2D eigenvalue weighted by molar-refractivity contribution is 6.17. The molecule has 320 valence electrons. The van der Waals surface area contributed by atoms with Crippen molar-refractivity contribution in [2.45, 2.75) is 5.41 Å². The topological polar surface area (TPSA) is 16.4 Å². The third-order valence-electron chi connectivity index (χ3n) is 15.2. The molecule has 15 rings (SSSR count). The maximum atomic E-state index is 6.68. The van der Waals surface area contributed by atoms with E-state index in [0.717, 1.165) is 50.1 Å². The number of benzene rings is 12. The molecule has 0 unspecified atom stereocenters. The molecule has 69 heavy (non-hydrogen) atoms. The van der Waals surface area contributed by atoms with Gasteiger partial charge in [0.1, 0.15) is 11.2 Å². The Morgan fingerprint density at radius 2 is 0.826 bits per heavy atom. The standard InChI is InChI=1S/C67H41NO/c1-2-17-44-40-65-58(38-43(44)16-1)66-56(26-15-31-64(66)69-65)55-25-10-14-30-63(55)68(46-34-32-42(33-35-46)57-39-45-18-3-4-19-48(45)49-20-5-6-21-50(49)57)47-36-37-54-53-24-9-13-29-61(53)67(62(54)41-47)59-27-11-7-22-51(59)52-23-8-12-28-60(52)67/h1-41H. The van der Waals surface area contributed by atoms with E-state index in [1.165, 1.54) is 88.0 Å². The summed E-state index contributed by atoms with van der Waals surface area (Å²) in [7, 11) is 0. The molecule has 12 aromatic carbocycles. The van der Waals surface area contributed by atoms with E-state index in [-0.39, 0.29) is 0 Å². The predicted molar refractivity (Wildman–Crippen MR) is 288 cm³/mol. The lowest BCUT2D eigenvalue weighted by Gasteiger charge is -2.32. The Morgan fingerprint density at radius 1 is 0.290 bits per heavy atom. The summed E-state index contributed by atoms with van der Waals surface area (Å²) in [6, 6.07) is 92.0. The van der Waals surface area contributed by atoms with Gasteiger partial charge in [-0.05, 0) is 148 Å². The molecule has 0 radical (unpaired) electrons. The predicted octanol–water partition coefficient (Wildman–Crippen LogP) is 18.2. The molecule has 0 N–H and O–H groups in total. The molecule has 2 nitrogen and oxygen atoms in total. The molecule has 0 aliphatic heterocycles. The Kier molecular flexibility index (Phi) is 8.02. The fraction of sp³-hybridized carbons (Fsp3) is 0.0149. The monoisotopic (exact) mass is 875 g/mol. The van der Waals surface area contributed by atoms with E-state index in [2.05, 4.69) is 254 Å². The molecule has 2 heteroatoms. The smallest absolute Gasteiger partial charge is 0.136 e. The van der Waals surface area contributed by atoms with Crippen LogP contribution in [0.4, 0.5) is 17.1 Å². The maximum Gasteiger partial charge on any atom is 0.136 e. The first-order chi connectivity index (χ1) is 34.2. The Hall–Kier alpha value is -8.98. The summed E-state index contributed by atoms with van der Waals surface area (Å²) in [4.78, 5) is 2.48. The zero-order chi connectivity index (χ0) is 45.2. The Labute approximate surface area is 399 Å². The van der Waals surface area contributed by atoms with Gasteiger partial charge in [0.15, 0.2) is 0 Å². The number of rotatable bonds is 5. The molecule has 0 saturated carbocycles. The highest BCUT2D eigenvalue weighted by Gasteiger charge is 2.51. The van der Waals surface area contributed by atoms with Gasteiger partial charge >= 0.3 is 0 Å². The van der Waals surface area contributed by atoms with Crippen molar-refractivity contribution in [3.05, 3.63) is 271 Å². The summed E-state index contributed by atoms with van der Waals surface area (Å²) in [6.45, 7) is 0. The first-order valence-corrected chi connectivity index (χ1v) is 23.9. The van der Waals surface area contributed by atoms with Crippen LogP contribution in [0.15, 0.2) is 253 Å². The number of para-hydroxylation sites is 1. The van der Waals surface area contributed by atoms with Crippen LogP contribution < -0.4 is 4.90 Å². The first kappa shape index (κ1) is 38.2. The van der Waals surface area contributed by atoms with Gasteiger partial charge in [0.05, 0.1) is 11.1 Å². The third kappa shape index (κ3) is 5.37. The molecular formula is C67H41NO. The quantitative estimate of drug-likeness (QED) is 0.160. The van der Waals surface area contributed by atoms with Crippen LogP contribution in [0, 0.1) is 0 Å². The Bertz CT molecular complexity index is 4210. The van der Waals surface area contributed by atoms with Gasteiger partial charge in [-0.15, -0.1) is 0 Å². The van der Waals surface area contributed by atoms with Crippen LogP contribution in [0.2, 0.25) is 0 Å². The zero-order valence-electron chi connectivity index (χ0n) is 37.5. The second-order valence-corrected chi connectivity index (χ2v) is 18.7. The van der Waals surface area contributed by atoms with Gasteiger partial charge in [-0.1, -0.05) is 194 Å². The number of nitrogens with zero attached hydrogens (tertiary/aromatic N) is 1. The van der Waals surface area contributed by atoms with E-state index < -0.39 is 5.41 Å². The molecular weight excluding hydrogens is 835 g/mol. The SMILES string of the molecule is c1ccc(N(c2ccc(-c3cc4ccccc4c4ccccc34)cc2)c2ccc3c(c2)C2(c4ccccc4-c4ccccc42)c2ccccc2-3)c(-c2cccc3oc4cc5ccccc5cc4c23)c1. The number of furan rings is 1. The highest BCUT2D eigenvalue weighted by Crippen LogP contribution is 2.63. The largest absolute Gasteiger partial charge is 0.456 e. The molecule has 1 heterocycles. The summed E-state index contributed by atoms with van der Waals surface area (Å²) < 4.78 is 6.68. The lowest BCUT2D eigenvalue weighted by atomic mass is 9.70. The number of fused-ring (bicyclic) bond motifs is 17. The zero-order valence-corrected chi connectivity index (χ0v) is 37.5. The van der Waals surface area contributed by atoms with Gasteiger partial charge in [-0.3, -0.25) is 0 Å². The molecule has 0 amide bonds. The molecule has 0 atom stereocenters. The van der Waals surface area contributed by atoms with Gasteiger partial charge in [0, 0.05) is 27.7 Å². The van der Waals surface area contributed by atoms with Crippen molar-refractivity contribution in [3.63, 3.8) is 0 Å². The van der Waals surface area contributed by atoms with Crippen molar-refractivity contribution in [2.24, 2.45) is 0 Å². The second-order valence-electron chi connectivity index (χ2n) is 18.7. The first-order valence-electron chi connectivity index (χ1n) is 23.9. The summed E-state index contributed by atoms with van der Waals surface area (Å²) in [5, 5.41) is 9.62. The Balaban J connectivity index is 0.982. The van der Waals surface area contributed by atoms with Gasteiger partial charge in [-0.2, -0.15) is 0 Å². The van der Waals surface area contributed by atoms with E-state index >= 15 is 0 Å². The molecule has 13 aromatic rings. The van der Waals surface area contributed by atoms with Crippen LogP contribution in [-0.4, -0.2) is 0 Å². The summed E-state index contributed by atoms with van der Waals surface area (Å²) >= 11 is 0. The minimum absolute atomic E-state index is 0.481. The van der Waals surface area contributed by atoms with Crippen molar-refractivity contribution in [2.75, 3.05) is 4.90 Å². The number of hydrogen-bond acceptors (Lipinski definition) is 2. The molecule has 1 spiro atoms. The van der Waals surface area contributed by atoms with Gasteiger partial charge in [0.25, 0.3) is 0 Å². The van der Waals surface area contributed by atoms with Crippen LogP contribution in [-0.2, 0) is 5.41 Å². The van der Waals surface area contributed by atoms with Crippen molar-refractivity contribution in [1.82, 2.24) is 0 Å². The van der Waals surface area contributed by atoms with Crippen molar-refractivity contribution in [1.29, 1.82) is 0 Å². The molecule has 0 fully saturated rings. The molecule has 0 bridgehead atoms. The van der Waals surface area contributed by atoms with Crippen molar-refractivity contribution < 1.29 is 4.42 Å². The fourth-order valence-electron chi connectivity index (χ4n) is 12.4. The Morgan fingerprint density at radius 3 is 1.54 bits per heavy atom. The molecule has 0 saturated heterocycles. The number of hydrogen-bond donors (Lipinski definition) is 0. The minimum Gasteiger partial charge on any atom is -0.456 e. The van der Waals surface area contributed by atoms with Crippen LogP contribution in [0.1, 0.15) is 22.3 Å². The molecule has 2 aliphatic carbocycles. The van der Waals surface area contributed by atoms with E-state index in [0.29, 0.717) is 0 Å². The van der Waals surface area contributed by atoms with E-state index in [4.69, 9.17) is 4.42 Å². The van der Waals surface area contributed by atoms with Gasteiger partial charge in [0.2, 0.25) is 0 Å². The minimum atomic E-state index is -0.481. The molecule has 1 aromatic heterocycles. The van der Waals surface area contributed by atoms with Gasteiger partial charge in [-0.25, -0.2) is 0 Å². The summed E-state index contributed by atoms with van der Waals surface area (Å²) in [6.07, 6.45) is 0. The molecule has 2 aliphatic rings. The maximum absolute atomic E-state index is 6.68. The average molecular weight is 876 g/mol. The number of anilines is 3. The highest BCUT2D eigenvalue weighted by atomic mass is 16.3. The van der Waals surface area contributed by atoms with Crippen LogP contribution in [0.5, 0.6) is 0 Å². The second kappa shape index (κ2) is 14.5. The van der Waals surface area contributed by atoms with Crippen LogP contribution in [0.25, 0.3) is 98.8 Å². The lowest BCUT2D eigenvalue weighted by Crippen LogP contribution is -2.26. The van der Waals surface area contributed by atoms with Crippen molar-refractivity contribution >= 4 is 71.3 Å². The van der Waals surface area contributed by atoms with E-state index in [9.17, 15) is 0 Å². The lowest BCUT2D eigenvalue weighted by molar-refractivity contribution is 0.669. The van der Waals surface area contributed by atoms with Crippen LogP contribution >= 0.6 is 0 Å². The normalized spacial score (nSPS) is 13.0. The third-order valence-corrected chi connectivity index (χ3v) is 15.2.